The molecule has 1 saturated carbocycles. The number of benzene rings is 2. The molecule has 8 heteroatoms. The fourth-order valence-corrected chi connectivity index (χ4v) is 5.91. The number of likely N-dealkylation sites (N-methyl/N-ethyl adjacent to an activating group) is 1. The highest BCUT2D eigenvalue weighted by atomic mass is 19.1. The zero-order valence-electron chi connectivity index (χ0n) is 18.6. The maximum Gasteiger partial charge on any atom is 0.262 e. The summed E-state index contributed by atoms with van der Waals surface area (Å²) in [5, 5.41) is 0. The van der Waals surface area contributed by atoms with Crippen LogP contribution in [0.2, 0.25) is 0 Å². The van der Waals surface area contributed by atoms with E-state index in [1.165, 1.54) is 17.0 Å². The second-order valence-electron chi connectivity index (χ2n) is 9.44. The van der Waals surface area contributed by atoms with Gasteiger partial charge in [-0.3, -0.25) is 9.69 Å². The number of guanidine groups is 1. The molecule has 2 aromatic carbocycles. The molecule has 2 aromatic rings. The molecule has 0 bridgehead atoms. The summed E-state index contributed by atoms with van der Waals surface area (Å²) in [7, 11) is 1.64. The first-order chi connectivity index (χ1) is 15.8. The number of hydrogen-bond acceptors (Lipinski definition) is 6. The van der Waals surface area contributed by atoms with Crippen molar-refractivity contribution in [3.63, 3.8) is 0 Å². The minimum Gasteiger partial charge on any atom is -0.490 e. The molecule has 1 aliphatic carbocycles. The molecule has 33 heavy (non-hydrogen) atoms. The quantitative estimate of drug-likeness (QED) is 0.720. The van der Waals surface area contributed by atoms with E-state index in [2.05, 4.69) is 0 Å². The normalized spacial score (nSPS) is 29.7. The summed E-state index contributed by atoms with van der Waals surface area (Å²) in [5.41, 5.74) is 7.93. The Morgan fingerprint density at radius 2 is 1.94 bits per heavy atom. The van der Waals surface area contributed by atoms with Crippen LogP contribution in [0, 0.1) is 18.7 Å². The van der Waals surface area contributed by atoms with Crippen molar-refractivity contribution in [3.8, 4) is 16.9 Å². The lowest BCUT2D eigenvalue weighted by Gasteiger charge is -2.49. The SMILES string of the molecule is Cc1cc(F)cc(-c2ccc3c(c2)C2(N=C(N)N(C)C2=O)C2CC4(CCC2O3)OCCO4)c1. The van der Waals surface area contributed by atoms with Gasteiger partial charge in [-0.05, 0) is 54.3 Å². The summed E-state index contributed by atoms with van der Waals surface area (Å²) >= 11 is 0. The van der Waals surface area contributed by atoms with E-state index < -0.39 is 11.3 Å². The highest BCUT2D eigenvalue weighted by Crippen LogP contribution is 2.56. The molecular weight excluding hydrogens is 425 g/mol. The molecule has 3 heterocycles. The van der Waals surface area contributed by atoms with Crippen LogP contribution in [-0.2, 0) is 19.8 Å². The molecule has 7 nitrogen and oxygen atoms in total. The Bertz CT molecular complexity index is 1170. The molecular formula is C25H26FN3O4. The molecule has 3 atom stereocenters. The monoisotopic (exact) mass is 451 g/mol. The van der Waals surface area contributed by atoms with Gasteiger partial charge in [0.15, 0.2) is 17.3 Å². The van der Waals surface area contributed by atoms with Gasteiger partial charge in [0.25, 0.3) is 5.91 Å². The molecule has 0 aromatic heterocycles. The number of nitrogens with two attached hydrogens (primary N) is 1. The number of hydrogen-bond donors (Lipinski definition) is 1. The van der Waals surface area contributed by atoms with Crippen molar-refractivity contribution in [2.45, 2.75) is 43.6 Å². The van der Waals surface area contributed by atoms with Crippen molar-refractivity contribution in [2.24, 2.45) is 16.6 Å². The Kier molecular flexibility index (Phi) is 4.38. The average molecular weight is 451 g/mol. The third-order valence-corrected chi connectivity index (χ3v) is 7.45. The summed E-state index contributed by atoms with van der Waals surface area (Å²) in [6, 6.07) is 10.5. The first kappa shape index (κ1) is 20.6. The van der Waals surface area contributed by atoms with Crippen LogP contribution in [0.25, 0.3) is 11.1 Å². The van der Waals surface area contributed by atoms with Gasteiger partial charge >= 0.3 is 0 Å². The van der Waals surface area contributed by atoms with Crippen LogP contribution in [0.5, 0.6) is 5.75 Å². The van der Waals surface area contributed by atoms with Crippen LogP contribution >= 0.6 is 0 Å². The van der Waals surface area contributed by atoms with Gasteiger partial charge in [0.2, 0.25) is 0 Å². The number of fused-ring (bicyclic) bond motifs is 4. The fourth-order valence-electron chi connectivity index (χ4n) is 5.91. The van der Waals surface area contributed by atoms with Gasteiger partial charge in [0.1, 0.15) is 17.7 Å². The number of halogens is 1. The lowest BCUT2D eigenvalue weighted by Crippen LogP contribution is -2.58. The fraction of sp³-hybridized carbons (Fsp3) is 0.440. The van der Waals surface area contributed by atoms with Crippen LogP contribution in [-0.4, -0.2) is 48.9 Å². The van der Waals surface area contributed by atoms with Crippen LogP contribution in [0.15, 0.2) is 41.4 Å². The summed E-state index contributed by atoms with van der Waals surface area (Å²) in [5.74, 6) is -0.751. The zero-order valence-corrected chi connectivity index (χ0v) is 18.6. The molecule has 3 aliphatic heterocycles. The average Bonchev–Trinajstić information content (AvgIpc) is 3.33. The number of amides is 1. The van der Waals surface area contributed by atoms with Gasteiger partial charge < -0.3 is 19.9 Å². The van der Waals surface area contributed by atoms with Gasteiger partial charge in [-0.1, -0.05) is 12.1 Å². The molecule has 3 unspecified atom stereocenters. The van der Waals surface area contributed by atoms with Crippen LogP contribution in [0.1, 0.15) is 30.4 Å². The highest BCUT2D eigenvalue weighted by molar-refractivity contribution is 6.07. The molecule has 4 aliphatic rings. The van der Waals surface area contributed by atoms with Crippen molar-refractivity contribution in [3.05, 3.63) is 53.3 Å². The predicted molar refractivity (Wildman–Crippen MR) is 119 cm³/mol. The van der Waals surface area contributed by atoms with Gasteiger partial charge in [0, 0.05) is 31.4 Å². The molecule has 2 spiro atoms. The van der Waals surface area contributed by atoms with Crippen molar-refractivity contribution in [1.82, 2.24) is 4.90 Å². The highest BCUT2D eigenvalue weighted by Gasteiger charge is 2.63. The first-order valence-electron chi connectivity index (χ1n) is 11.3. The van der Waals surface area contributed by atoms with E-state index in [-0.39, 0.29) is 29.7 Å². The maximum atomic E-state index is 14.2. The number of aliphatic imine (C=N–C) groups is 1. The van der Waals surface area contributed by atoms with E-state index >= 15 is 0 Å². The standard InChI is InChI=1S/C25H26FN3O4/c1-14-9-16(11-17(26)10-14)15-3-4-20-18(12-15)25(22(30)29(2)23(27)28-25)19-13-24(31-7-8-32-24)6-5-21(19)33-20/h3-4,9-12,19,21H,5-8,13H2,1-2H3,(H2,27,28). The number of aryl methyl sites for hydroxylation is 1. The number of rotatable bonds is 1. The largest absolute Gasteiger partial charge is 0.490 e. The molecule has 0 radical (unpaired) electrons. The molecule has 1 saturated heterocycles. The van der Waals surface area contributed by atoms with E-state index in [0.717, 1.165) is 16.7 Å². The molecule has 2 fully saturated rings. The van der Waals surface area contributed by atoms with Gasteiger partial charge in [-0.2, -0.15) is 0 Å². The Morgan fingerprint density at radius 3 is 2.64 bits per heavy atom. The van der Waals surface area contributed by atoms with E-state index in [9.17, 15) is 9.18 Å². The molecule has 2 N–H and O–H groups in total. The van der Waals surface area contributed by atoms with Crippen molar-refractivity contribution >= 4 is 11.9 Å². The van der Waals surface area contributed by atoms with Crippen LogP contribution in [0.3, 0.4) is 0 Å². The number of ether oxygens (including phenoxy) is 3. The van der Waals surface area contributed by atoms with Gasteiger partial charge in [-0.25, -0.2) is 9.38 Å². The second-order valence-corrected chi connectivity index (χ2v) is 9.44. The summed E-state index contributed by atoms with van der Waals surface area (Å²) in [6.07, 6.45) is 1.65. The Balaban J connectivity index is 1.53. The third kappa shape index (κ3) is 2.93. The topological polar surface area (TPSA) is 86.4 Å². The Morgan fingerprint density at radius 1 is 1.15 bits per heavy atom. The van der Waals surface area contributed by atoms with E-state index in [1.54, 1.807) is 7.05 Å². The minimum absolute atomic E-state index is 0.173. The summed E-state index contributed by atoms with van der Waals surface area (Å²) in [6.45, 7) is 2.91. The van der Waals surface area contributed by atoms with Crippen LogP contribution in [0.4, 0.5) is 4.39 Å². The van der Waals surface area contributed by atoms with E-state index in [0.29, 0.717) is 43.8 Å². The van der Waals surface area contributed by atoms with Gasteiger partial charge in [-0.15, -0.1) is 0 Å². The molecule has 172 valence electrons. The summed E-state index contributed by atoms with van der Waals surface area (Å²) < 4.78 is 32.6. The Labute approximate surface area is 191 Å². The minimum atomic E-state index is -1.24. The van der Waals surface area contributed by atoms with Crippen LogP contribution < -0.4 is 10.5 Å². The third-order valence-electron chi connectivity index (χ3n) is 7.45. The molecule has 1 amide bonds. The Hall–Kier alpha value is -2.97. The maximum absolute atomic E-state index is 14.2. The zero-order chi connectivity index (χ0) is 23.0. The number of carbonyl (C=O) groups excluding carboxylic acids is 1. The van der Waals surface area contributed by atoms with Crippen molar-refractivity contribution in [1.29, 1.82) is 0 Å². The number of carbonyl (C=O) groups is 1. The van der Waals surface area contributed by atoms with E-state index in [4.69, 9.17) is 24.9 Å². The van der Waals surface area contributed by atoms with Gasteiger partial charge in [0.05, 0.1) is 13.2 Å². The second kappa shape index (κ2) is 7.01. The predicted octanol–water partition coefficient (Wildman–Crippen LogP) is 3.09. The first-order valence-corrected chi connectivity index (χ1v) is 11.3. The van der Waals surface area contributed by atoms with Crippen molar-refractivity contribution in [2.75, 3.05) is 20.3 Å². The molecule has 6 rings (SSSR count). The lowest BCUT2D eigenvalue weighted by atomic mass is 9.65. The summed E-state index contributed by atoms with van der Waals surface area (Å²) in [4.78, 5) is 20.0. The van der Waals surface area contributed by atoms with Crippen molar-refractivity contribution < 1.29 is 23.4 Å². The number of nitrogens with zero attached hydrogens (tertiary/aromatic N) is 2. The lowest BCUT2D eigenvalue weighted by molar-refractivity contribution is -0.210. The van der Waals surface area contributed by atoms with E-state index in [1.807, 2.05) is 31.2 Å². The smallest absolute Gasteiger partial charge is 0.262 e.